The molecule has 7 nitrogen and oxygen atoms in total. The lowest BCUT2D eigenvalue weighted by molar-refractivity contribution is -0.148. The molecule has 1 aromatic heterocycles. The Morgan fingerprint density at radius 1 is 1.05 bits per heavy atom. The summed E-state index contributed by atoms with van der Waals surface area (Å²) in [5, 5.41) is 9.30. The molecule has 22 heavy (non-hydrogen) atoms. The van der Waals surface area contributed by atoms with Gasteiger partial charge in [-0.25, -0.2) is 0 Å². The highest BCUT2D eigenvalue weighted by atomic mass is 16.4. The van der Waals surface area contributed by atoms with E-state index >= 15 is 0 Å². The second-order valence-electron chi connectivity index (χ2n) is 5.52. The van der Waals surface area contributed by atoms with E-state index in [1.165, 1.54) is 24.5 Å². The summed E-state index contributed by atoms with van der Waals surface area (Å²) in [6, 6.07) is 3.03. The van der Waals surface area contributed by atoms with Gasteiger partial charge in [0.05, 0.1) is 11.8 Å². The maximum Gasteiger partial charge on any atom is 0.307 e. The molecule has 0 saturated heterocycles. The number of aliphatic carboxylic acids is 1. The first-order valence-corrected chi connectivity index (χ1v) is 6.99. The third-order valence-corrected chi connectivity index (χ3v) is 4.29. The molecule has 1 aromatic rings. The molecule has 1 heterocycles. The van der Waals surface area contributed by atoms with E-state index in [0.29, 0.717) is 12.0 Å². The summed E-state index contributed by atoms with van der Waals surface area (Å²) in [4.78, 5) is 39.3. The molecule has 2 amide bonds. The second kappa shape index (κ2) is 5.59. The lowest BCUT2D eigenvalue weighted by Crippen LogP contribution is -2.48. The van der Waals surface area contributed by atoms with Gasteiger partial charge in [-0.15, -0.1) is 0 Å². The largest absolute Gasteiger partial charge is 0.481 e. The van der Waals surface area contributed by atoms with E-state index in [4.69, 9.17) is 0 Å². The van der Waals surface area contributed by atoms with E-state index in [1.807, 2.05) is 12.2 Å². The minimum atomic E-state index is -0.975. The quantitative estimate of drug-likeness (QED) is 0.552. The summed E-state index contributed by atoms with van der Waals surface area (Å²) in [5.74, 6) is -3.47. The molecule has 7 heteroatoms. The molecular weight excluding hydrogens is 286 g/mol. The molecule has 4 atom stereocenters. The molecule has 0 radical (unpaired) electrons. The van der Waals surface area contributed by atoms with Crippen molar-refractivity contribution < 1.29 is 19.5 Å². The van der Waals surface area contributed by atoms with Gasteiger partial charge in [0, 0.05) is 18.0 Å². The van der Waals surface area contributed by atoms with Crippen molar-refractivity contribution in [3.63, 3.8) is 0 Å². The van der Waals surface area contributed by atoms with E-state index < -0.39 is 29.6 Å². The summed E-state index contributed by atoms with van der Waals surface area (Å²) < 4.78 is 0. The van der Waals surface area contributed by atoms with Gasteiger partial charge in [-0.2, -0.15) is 0 Å². The fourth-order valence-electron chi connectivity index (χ4n) is 3.29. The van der Waals surface area contributed by atoms with Crippen molar-refractivity contribution in [3.05, 3.63) is 42.2 Å². The number of rotatable bonds is 3. The van der Waals surface area contributed by atoms with Crippen molar-refractivity contribution in [3.8, 4) is 0 Å². The number of nitrogens with one attached hydrogen (secondary N) is 2. The maximum absolute atomic E-state index is 12.3. The minimum Gasteiger partial charge on any atom is -0.481 e. The van der Waals surface area contributed by atoms with Crippen molar-refractivity contribution in [2.24, 2.45) is 23.7 Å². The molecule has 0 aromatic carbocycles. The number of carboxylic acid groups (broad SMARTS) is 1. The first kappa shape index (κ1) is 14.2. The predicted octanol–water partition coefficient (Wildman–Crippen LogP) is 0.365. The fraction of sp³-hybridized carbons (Fsp3) is 0.333. The monoisotopic (exact) mass is 301 g/mol. The predicted molar refractivity (Wildman–Crippen MR) is 75.2 cm³/mol. The number of allylic oxidation sites excluding steroid dienone is 2. The van der Waals surface area contributed by atoms with Crippen molar-refractivity contribution in [1.82, 2.24) is 15.8 Å². The van der Waals surface area contributed by atoms with Crippen LogP contribution in [0.15, 0.2) is 36.7 Å². The topological polar surface area (TPSA) is 108 Å². The number of hydrogen-bond donors (Lipinski definition) is 3. The van der Waals surface area contributed by atoms with Crippen LogP contribution < -0.4 is 10.9 Å². The zero-order valence-corrected chi connectivity index (χ0v) is 11.6. The number of amides is 2. The van der Waals surface area contributed by atoms with Crippen LogP contribution in [0.5, 0.6) is 0 Å². The average molecular weight is 301 g/mol. The van der Waals surface area contributed by atoms with Crippen molar-refractivity contribution in [1.29, 1.82) is 0 Å². The number of hydrazine groups is 1. The zero-order chi connectivity index (χ0) is 15.7. The Labute approximate surface area is 126 Å². The number of nitrogens with zero attached hydrogens (tertiary/aromatic N) is 1. The van der Waals surface area contributed by atoms with Gasteiger partial charge in [0.15, 0.2) is 0 Å². The van der Waals surface area contributed by atoms with Crippen molar-refractivity contribution >= 4 is 17.8 Å². The summed E-state index contributed by atoms with van der Waals surface area (Å²) in [6.45, 7) is 0. The lowest BCUT2D eigenvalue weighted by atomic mass is 9.82. The summed E-state index contributed by atoms with van der Waals surface area (Å²) in [6.07, 6.45) is 7.37. The highest BCUT2D eigenvalue weighted by molar-refractivity contribution is 5.96. The van der Waals surface area contributed by atoms with Crippen molar-refractivity contribution in [2.45, 2.75) is 6.42 Å². The van der Waals surface area contributed by atoms with Gasteiger partial charge in [-0.3, -0.25) is 30.2 Å². The average Bonchev–Trinajstić information content (AvgIpc) is 3.14. The third kappa shape index (κ3) is 2.45. The lowest BCUT2D eigenvalue weighted by Gasteiger charge is -2.23. The Hall–Kier alpha value is -2.70. The summed E-state index contributed by atoms with van der Waals surface area (Å²) >= 11 is 0. The van der Waals surface area contributed by atoms with Gasteiger partial charge >= 0.3 is 5.97 Å². The SMILES string of the molecule is O=C(NNC(=O)[C@H]1[C@@H](C(=O)O)[C@H]2C=C[C@H]1C2)c1ccncc1. The van der Waals surface area contributed by atoms with Crippen LogP contribution in [-0.4, -0.2) is 27.9 Å². The Kier molecular flexibility index (Phi) is 3.62. The van der Waals surface area contributed by atoms with Crippen LogP contribution >= 0.6 is 0 Å². The molecule has 114 valence electrons. The second-order valence-corrected chi connectivity index (χ2v) is 5.52. The standard InChI is InChI=1S/C15H15N3O4/c19-13(8-3-5-16-6-4-8)17-18-14(20)11-9-1-2-10(7-9)12(11)15(21)22/h1-6,9-12H,7H2,(H,17,19)(H,18,20)(H,21,22)/t9-,10-,11+,12-/m0/s1. The molecule has 2 aliphatic carbocycles. The number of carbonyl (C=O) groups is 3. The molecule has 1 fully saturated rings. The van der Waals surface area contributed by atoms with Crippen LogP contribution in [0.2, 0.25) is 0 Å². The van der Waals surface area contributed by atoms with E-state index in [9.17, 15) is 19.5 Å². The smallest absolute Gasteiger partial charge is 0.307 e. The number of aromatic nitrogens is 1. The van der Waals surface area contributed by atoms with Crippen LogP contribution in [0.1, 0.15) is 16.8 Å². The minimum absolute atomic E-state index is 0.0797. The normalized spacial score (nSPS) is 28.4. The highest BCUT2D eigenvalue weighted by Gasteiger charge is 2.51. The van der Waals surface area contributed by atoms with Crippen LogP contribution in [0, 0.1) is 23.7 Å². The molecule has 0 unspecified atom stereocenters. The number of hydrogen-bond acceptors (Lipinski definition) is 4. The maximum atomic E-state index is 12.3. The first-order valence-electron chi connectivity index (χ1n) is 6.99. The molecule has 2 bridgehead atoms. The van der Waals surface area contributed by atoms with Gasteiger partial charge in [0.1, 0.15) is 0 Å². The van der Waals surface area contributed by atoms with Crippen molar-refractivity contribution in [2.75, 3.05) is 0 Å². The Balaban J connectivity index is 1.64. The third-order valence-electron chi connectivity index (χ3n) is 4.29. The Morgan fingerprint density at radius 3 is 2.32 bits per heavy atom. The molecule has 2 aliphatic rings. The van der Waals surface area contributed by atoms with Gasteiger partial charge in [-0.1, -0.05) is 12.2 Å². The molecule has 3 N–H and O–H groups in total. The van der Waals surface area contributed by atoms with Gasteiger partial charge < -0.3 is 5.11 Å². The number of carboxylic acids is 1. The van der Waals surface area contributed by atoms with Crippen LogP contribution in [0.4, 0.5) is 0 Å². The van der Waals surface area contributed by atoms with E-state index in [2.05, 4.69) is 15.8 Å². The fourth-order valence-corrected chi connectivity index (χ4v) is 3.29. The number of pyridine rings is 1. The summed E-state index contributed by atoms with van der Waals surface area (Å²) in [5.41, 5.74) is 5.01. The highest BCUT2D eigenvalue weighted by Crippen LogP contribution is 2.48. The molecule has 0 aliphatic heterocycles. The van der Waals surface area contributed by atoms with Crippen LogP contribution in [0.3, 0.4) is 0 Å². The molecule has 0 spiro atoms. The van der Waals surface area contributed by atoms with Gasteiger partial charge in [-0.05, 0) is 30.4 Å². The number of carbonyl (C=O) groups excluding carboxylic acids is 2. The molecule has 3 rings (SSSR count). The van der Waals surface area contributed by atoms with E-state index in [-0.39, 0.29) is 11.8 Å². The zero-order valence-electron chi connectivity index (χ0n) is 11.6. The van der Waals surface area contributed by atoms with Crippen LogP contribution in [-0.2, 0) is 9.59 Å². The van der Waals surface area contributed by atoms with E-state index in [0.717, 1.165) is 0 Å². The van der Waals surface area contributed by atoms with Gasteiger partial charge in [0.25, 0.3) is 5.91 Å². The van der Waals surface area contributed by atoms with Gasteiger partial charge in [0.2, 0.25) is 5.91 Å². The Morgan fingerprint density at radius 2 is 1.68 bits per heavy atom. The Bertz CT molecular complexity index is 643. The summed E-state index contributed by atoms with van der Waals surface area (Å²) in [7, 11) is 0. The number of fused-ring (bicyclic) bond motifs is 2. The molecular formula is C15H15N3O4. The van der Waals surface area contributed by atoms with Crippen LogP contribution in [0.25, 0.3) is 0 Å². The molecule has 1 saturated carbocycles. The van der Waals surface area contributed by atoms with E-state index in [1.54, 1.807) is 0 Å². The first-order chi connectivity index (χ1) is 10.6.